The monoisotopic (exact) mass is 252 g/mol. The Morgan fingerprint density at radius 3 is 2.50 bits per heavy atom. The van der Waals surface area contributed by atoms with E-state index in [1.165, 1.54) is 0 Å². The fourth-order valence-electron chi connectivity index (χ4n) is 1.61. The number of rotatable bonds is 1. The van der Waals surface area contributed by atoms with Gasteiger partial charge in [0.05, 0.1) is 0 Å². The van der Waals surface area contributed by atoms with Crippen LogP contribution in [0.5, 0.6) is 0 Å². The Hall–Kier alpha value is -0.890. The molecule has 8 heteroatoms. The first-order valence-electron chi connectivity index (χ1n) is 4.79. The van der Waals surface area contributed by atoms with Crippen LogP contribution < -0.4 is 10.6 Å². The standard InChI is InChI=1S/C8H11F3N4S/c1-4-2-15(3-5(4)12)7-14-13-6(16-7)8(9,10)11/h4-5H,2-3,12H2,1H3. The van der Waals surface area contributed by atoms with E-state index in [-0.39, 0.29) is 12.0 Å². The molecule has 2 heterocycles. The Balaban J connectivity index is 2.14. The second-order valence-electron chi connectivity index (χ2n) is 3.93. The zero-order chi connectivity index (χ0) is 11.9. The second kappa shape index (κ2) is 3.85. The lowest BCUT2D eigenvalue weighted by atomic mass is 10.1. The highest BCUT2D eigenvalue weighted by molar-refractivity contribution is 7.15. The summed E-state index contributed by atoms with van der Waals surface area (Å²) in [5, 5.41) is 6.09. The Bertz CT molecular complexity index is 368. The van der Waals surface area contributed by atoms with Gasteiger partial charge in [-0.2, -0.15) is 13.2 Å². The summed E-state index contributed by atoms with van der Waals surface area (Å²) in [6, 6.07) is -0.0155. The fourth-order valence-corrected chi connectivity index (χ4v) is 2.34. The molecule has 90 valence electrons. The van der Waals surface area contributed by atoms with Crippen molar-refractivity contribution < 1.29 is 13.2 Å². The molecule has 1 aliphatic rings. The van der Waals surface area contributed by atoms with E-state index in [1.807, 2.05) is 6.92 Å². The van der Waals surface area contributed by atoms with Crippen molar-refractivity contribution in [2.75, 3.05) is 18.0 Å². The maximum Gasteiger partial charge on any atom is 0.445 e. The van der Waals surface area contributed by atoms with Crippen molar-refractivity contribution >= 4 is 16.5 Å². The second-order valence-corrected chi connectivity index (χ2v) is 4.89. The molecular weight excluding hydrogens is 241 g/mol. The van der Waals surface area contributed by atoms with Crippen LogP contribution in [-0.4, -0.2) is 29.3 Å². The van der Waals surface area contributed by atoms with E-state index in [0.29, 0.717) is 29.6 Å². The van der Waals surface area contributed by atoms with Gasteiger partial charge in [0.2, 0.25) is 10.1 Å². The van der Waals surface area contributed by atoms with Gasteiger partial charge in [0.25, 0.3) is 0 Å². The Kier molecular flexibility index (Phi) is 2.79. The fraction of sp³-hybridized carbons (Fsp3) is 0.750. The van der Waals surface area contributed by atoms with Gasteiger partial charge < -0.3 is 10.6 Å². The molecule has 2 unspecified atom stereocenters. The van der Waals surface area contributed by atoms with Gasteiger partial charge in [-0.05, 0) is 5.92 Å². The lowest BCUT2D eigenvalue weighted by Crippen LogP contribution is -2.28. The lowest BCUT2D eigenvalue weighted by Gasteiger charge is -2.12. The predicted molar refractivity (Wildman–Crippen MR) is 54.3 cm³/mol. The first-order chi connectivity index (χ1) is 7.38. The van der Waals surface area contributed by atoms with Crippen molar-refractivity contribution in [2.24, 2.45) is 11.7 Å². The molecule has 0 bridgehead atoms. The van der Waals surface area contributed by atoms with E-state index in [1.54, 1.807) is 4.90 Å². The molecule has 0 aromatic carbocycles. The van der Waals surface area contributed by atoms with Crippen LogP contribution in [0.15, 0.2) is 0 Å². The van der Waals surface area contributed by atoms with Crippen molar-refractivity contribution in [2.45, 2.75) is 19.1 Å². The highest BCUT2D eigenvalue weighted by Gasteiger charge is 2.37. The van der Waals surface area contributed by atoms with Gasteiger partial charge in [-0.15, -0.1) is 10.2 Å². The van der Waals surface area contributed by atoms with Gasteiger partial charge in [-0.1, -0.05) is 18.3 Å². The number of aromatic nitrogens is 2. The molecule has 0 saturated carbocycles. The number of nitrogens with zero attached hydrogens (tertiary/aromatic N) is 3. The summed E-state index contributed by atoms with van der Waals surface area (Å²) < 4.78 is 36.9. The SMILES string of the molecule is CC1CN(c2nnc(C(F)(F)F)s2)CC1N. The average molecular weight is 252 g/mol. The molecule has 2 rings (SSSR count). The molecular formula is C8H11F3N4S. The van der Waals surface area contributed by atoms with Crippen LogP contribution in [-0.2, 0) is 6.18 Å². The number of alkyl halides is 3. The van der Waals surface area contributed by atoms with E-state index in [4.69, 9.17) is 5.73 Å². The van der Waals surface area contributed by atoms with E-state index in [9.17, 15) is 13.2 Å². The number of nitrogens with two attached hydrogens (primary N) is 1. The van der Waals surface area contributed by atoms with Crippen molar-refractivity contribution in [3.05, 3.63) is 5.01 Å². The zero-order valence-corrected chi connectivity index (χ0v) is 9.35. The van der Waals surface area contributed by atoms with Gasteiger partial charge in [0, 0.05) is 19.1 Å². The molecule has 1 saturated heterocycles. The molecule has 2 N–H and O–H groups in total. The normalized spacial score (nSPS) is 26.4. The summed E-state index contributed by atoms with van der Waals surface area (Å²) in [5.74, 6) is 0.262. The van der Waals surface area contributed by atoms with Crippen LogP contribution >= 0.6 is 11.3 Å². The molecule has 0 aliphatic carbocycles. The highest BCUT2D eigenvalue weighted by atomic mass is 32.1. The van der Waals surface area contributed by atoms with Crippen LogP contribution in [0.4, 0.5) is 18.3 Å². The highest BCUT2D eigenvalue weighted by Crippen LogP contribution is 2.35. The average Bonchev–Trinajstić information content (AvgIpc) is 2.73. The number of halogens is 3. The van der Waals surface area contributed by atoms with Crippen LogP contribution in [0.1, 0.15) is 11.9 Å². The van der Waals surface area contributed by atoms with Crippen LogP contribution in [0.25, 0.3) is 0 Å². The Labute approximate surface area is 94.3 Å². The number of hydrogen-bond acceptors (Lipinski definition) is 5. The summed E-state index contributed by atoms with van der Waals surface area (Å²) in [5.41, 5.74) is 5.79. The molecule has 1 aliphatic heterocycles. The third-order valence-corrected chi connectivity index (χ3v) is 3.63. The smallest absolute Gasteiger partial charge is 0.345 e. The summed E-state index contributed by atoms with van der Waals surface area (Å²) in [6.45, 7) is 3.14. The molecule has 1 aromatic rings. The van der Waals surface area contributed by atoms with Gasteiger partial charge in [0.15, 0.2) is 0 Å². The minimum atomic E-state index is -4.41. The van der Waals surface area contributed by atoms with Crippen LogP contribution in [0.3, 0.4) is 0 Å². The molecule has 0 spiro atoms. The van der Waals surface area contributed by atoms with E-state index in [0.717, 1.165) is 0 Å². The largest absolute Gasteiger partial charge is 0.445 e. The summed E-state index contributed by atoms with van der Waals surface area (Å²) in [6.07, 6.45) is -4.41. The molecule has 4 nitrogen and oxygen atoms in total. The molecule has 1 fully saturated rings. The van der Waals surface area contributed by atoms with Crippen LogP contribution in [0.2, 0.25) is 0 Å². The van der Waals surface area contributed by atoms with E-state index in [2.05, 4.69) is 10.2 Å². The Morgan fingerprint density at radius 2 is 2.06 bits per heavy atom. The molecule has 0 amide bonds. The van der Waals surface area contributed by atoms with Gasteiger partial charge >= 0.3 is 6.18 Å². The number of hydrogen-bond donors (Lipinski definition) is 1. The molecule has 16 heavy (non-hydrogen) atoms. The van der Waals surface area contributed by atoms with E-state index < -0.39 is 11.2 Å². The minimum Gasteiger partial charge on any atom is -0.345 e. The molecule has 0 radical (unpaired) electrons. The van der Waals surface area contributed by atoms with Gasteiger partial charge in [-0.25, -0.2) is 0 Å². The Morgan fingerprint density at radius 1 is 1.38 bits per heavy atom. The van der Waals surface area contributed by atoms with Crippen LogP contribution in [0, 0.1) is 5.92 Å². The maximum atomic E-state index is 12.3. The molecule has 2 atom stereocenters. The first-order valence-corrected chi connectivity index (χ1v) is 5.61. The summed E-state index contributed by atoms with van der Waals surface area (Å²) >= 11 is 0.564. The summed E-state index contributed by atoms with van der Waals surface area (Å²) in [4.78, 5) is 1.75. The van der Waals surface area contributed by atoms with Gasteiger partial charge in [-0.3, -0.25) is 0 Å². The number of anilines is 1. The lowest BCUT2D eigenvalue weighted by molar-refractivity contribution is -0.138. The van der Waals surface area contributed by atoms with Crippen molar-refractivity contribution in [1.29, 1.82) is 0 Å². The zero-order valence-electron chi connectivity index (χ0n) is 8.53. The minimum absolute atomic E-state index is 0.0155. The summed E-state index contributed by atoms with van der Waals surface area (Å²) in [7, 11) is 0. The predicted octanol–water partition coefficient (Wildman–Crippen LogP) is 1.34. The third kappa shape index (κ3) is 2.12. The van der Waals surface area contributed by atoms with E-state index >= 15 is 0 Å². The topological polar surface area (TPSA) is 55.0 Å². The quantitative estimate of drug-likeness (QED) is 0.819. The van der Waals surface area contributed by atoms with Gasteiger partial charge in [0.1, 0.15) is 0 Å². The third-order valence-electron chi connectivity index (χ3n) is 2.60. The van der Waals surface area contributed by atoms with Crippen molar-refractivity contribution in [1.82, 2.24) is 10.2 Å². The first kappa shape index (κ1) is 11.6. The van der Waals surface area contributed by atoms with Crippen molar-refractivity contribution in [3.8, 4) is 0 Å². The molecule has 1 aromatic heterocycles. The maximum absolute atomic E-state index is 12.3. The van der Waals surface area contributed by atoms with Crippen molar-refractivity contribution in [3.63, 3.8) is 0 Å².